The Balaban J connectivity index is 1.59. The number of hydrogen-bond acceptors (Lipinski definition) is 6. The molecule has 2 heterocycles. The largest absolute Gasteiger partial charge is 0.461 e. The highest BCUT2D eigenvalue weighted by atomic mass is 16.6. The van der Waals surface area contributed by atoms with Crippen molar-refractivity contribution in [3.8, 4) is 11.6 Å². The lowest BCUT2D eigenvalue weighted by atomic mass is 10.1. The number of nitro groups is 1. The number of rotatable bonds is 6. The van der Waals surface area contributed by atoms with Crippen LogP contribution in [0, 0.1) is 10.1 Å². The molecule has 0 fully saturated rings. The summed E-state index contributed by atoms with van der Waals surface area (Å²) in [4.78, 5) is 26.5. The first kappa shape index (κ1) is 16.1. The summed E-state index contributed by atoms with van der Waals surface area (Å²) in [6.45, 7) is 0.133. The topological polar surface area (TPSA) is 127 Å². The number of carbonyl (C=O) groups is 1. The van der Waals surface area contributed by atoms with Crippen molar-refractivity contribution in [3.05, 3.63) is 70.2 Å². The third-order valence-corrected chi connectivity index (χ3v) is 3.25. The molecule has 3 rings (SSSR count). The van der Waals surface area contributed by atoms with Crippen molar-refractivity contribution in [1.82, 2.24) is 20.5 Å². The molecule has 126 valence electrons. The first-order valence-electron chi connectivity index (χ1n) is 7.28. The molecule has 0 aliphatic carbocycles. The summed E-state index contributed by atoms with van der Waals surface area (Å²) in [6.07, 6.45) is 4.13. The molecule has 2 aromatic heterocycles. The molecule has 3 aromatic rings. The van der Waals surface area contributed by atoms with E-state index in [1.165, 1.54) is 24.5 Å². The molecule has 1 amide bonds. The fourth-order valence-corrected chi connectivity index (χ4v) is 2.08. The van der Waals surface area contributed by atoms with Gasteiger partial charge in [-0.25, -0.2) is 4.98 Å². The minimum absolute atomic E-state index is 0.0649. The first-order chi connectivity index (χ1) is 12.1. The van der Waals surface area contributed by atoms with Crippen molar-refractivity contribution >= 4 is 17.7 Å². The Morgan fingerprint density at radius 2 is 2.16 bits per heavy atom. The van der Waals surface area contributed by atoms with Crippen LogP contribution in [0.4, 0.5) is 5.69 Å². The van der Waals surface area contributed by atoms with Crippen molar-refractivity contribution in [2.75, 3.05) is 0 Å². The molecule has 2 N–H and O–H groups in total. The lowest BCUT2D eigenvalue weighted by Gasteiger charge is -1.99. The van der Waals surface area contributed by atoms with E-state index in [0.717, 1.165) is 0 Å². The summed E-state index contributed by atoms with van der Waals surface area (Å²) < 4.78 is 5.18. The second-order valence-electron chi connectivity index (χ2n) is 4.95. The summed E-state index contributed by atoms with van der Waals surface area (Å²) in [5.41, 5.74) is 0.285. The molecule has 1 aromatic carbocycles. The lowest BCUT2D eigenvalue weighted by Crippen LogP contribution is -2.21. The van der Waals surface area contributed by atoms with Crippen LogP contribution in [0.25, 0.3) is 17.7 Å². The monoisotopic (exact) mass is 339 g/mol. The third-order valence-electron chi connectivity index (χ3n) is 3.25. The van der Waals surface area contributed by atoms with E-state index >= 15 is 0 Å². The van der Waals surface area contributed by atoms with Gasteiger partial charge in [-0.15, -0.1) is 5.10 Å². The number of H-pyrrole nitrogens is 1. The number of nitrogens with zero attached hydrogens (tertiary/aromatic N) is 3. The molecule has 9 nitrogen and oxygen atoms in total. The lowest BCUT2D eigenvalue weighted by molar-refractivity contribution is -0.385. The number of benzene rings is 1. The van der Waals surface area contributed by atoms with Gasteiger partial charge in [-0.3, -0.25) is 20.0 Å². The number of amides is 1. The van der Waals surface area contributed by atoms with E-state index in [-0.39, 0.29) is 12.2 Å². The molecule has 0 atom stereocenters. The minimum Gasteiger partial charge on any atom is -0.461 e. The van der Waals surface area contributed by atoms with Gasteiger partial charge >= 0.3 is 0 Å². The highest BCUT2D eigenvalue weighted by Gasteiger charge is 2.10. The molecule has 25 heavy (non-hydrogen) atoms. The second kappa shape index (κ2) is 7.21. The van der Waals surface area contributed by atoms with Gasteiger partial charge in [0.15, 0.2) is 5.76 Å². The van der Waals surface area contributed by atoms with Gasteiger partial charge in [-0.05, 0) is 24.3 Å². The minimum atomic E-state index is -0.498. The van der Waals surface area contributed by atoms with Crippen molar-refractivity contribution in [1.29, 1.82) is 0 Å². The van der Waals surface area contributed by atoms with Gasteiger partial charge in [0, 0.05) is 12.1 Å². The highest BCUT2D eigenvalue weighted by Crippen LogP contribution is 2.18. The van der Waals surface area contributed by atoms with Gasteiger partial charge in [-0.1, -0.05) is 12.1 Å². The Morgan fingerprint density at radius 1 is 1.32 bits per heavy atom. The van der Waals surface area contributed by atoms with E-state index in [9.17, 15) is 14.9 Å². The van der Waals surface area contributed by atoms with Crippen LogP contribution >= 0.6 is 0 Å². The smallest absolute Gasteiger partial charge is 0.276 e. The first-order valence-corrected chi connectivity index (χ1v) is 7.28. The van der Waals surface area contributed by atoms with Crippen LogP contribution in [0.2, 0.25) is 0 Å². The van der Waals surface area contributed by atoms with Crippen molar-refractivity contribution in [2.24, 2.45) is 0 Å². The maximum Gasteiger partial charge on any atom is 0.276 e. The average Bonchev–Trinajstić information content (AvgIpc) is 3.29. The number of para-hydroxylation sites is 1. The molecule has 0 saturated carbocycles. The van der Waals surface area contributed by atoms with Crippen LogP contribution in [-0.4, -0.2) is 26.0 Å². The highest BCUT2D eigenvalue weighted by molar-refractivity contribution is 5.92. The number of carbonyl (C=O) groups excluding carboxylic acids is 1. The van der Waals surface area contributed by atoms with E-state index in [0.29, 0.717) is 23.0 Å². The van der Waals surface area contributed by atoms with E-state index in [1.54, 1.807) is 30.3 Å². The van der Waals surface area contributed by atoms with Gasteiger partial charge in [0.1, 0.15) is 5.82 Å². The zero-order chi connectivity index (χ0) is 17.6. The third kappa shape index (κ3) is 3.96. The number of aromatic amines is 1. The van der Waals surface area contributed by atoms with Crippen LogP contribution in [0.15, 0.2) is 53.2 Å². The van der Waals surface area contributed by atoms with Gasteiger partial charge in [0.2, 0.25) is 11.7 Å². The Kier molecular flexibility index (Phi) is 4.65. The molecular weight excluding hydrogens is 326 g/mol. The summed E-state index contributed by atoms with van der Waals surface area (Å²) in [6, 6.07) is 9.61. The molecule has 0 aliphatic heterocycles. The Labute approximate surface area is 141 Å². The summed E-state index contributed by atoms with van der Waals surface area (Å²) in [5.74, 6) is 0.961. The molecule has 0 aliphatic rings. The molecule has 0 spiro atoms. The zero-order valence-corrected chi connectivity index (χ0v) is 12.9. The molecule has 0 saturated heterocycles. The number of furan rings is 1. The van der Waals surface area contributed by atoms with E-state index in [2.05, 4.69) is 20.5 Å². The zero-order valence-electron chi connectivity index (χ0n) is 12.9. The standard InChI is InChI=1S/C16H13N5O4/c22-15(8-7-11-4-1-2-5-12(11)21(23)24)17-10-14-18-16(20-19-14)13-6-3-9-25-13/h1-9H,10H2,(H,17,22)(H,18,19,20)/b8-7+. The van der Waals surface area contributed by atoms with Crippen LogP contribution < -0.4 is 5.32 Å². The van der Waals surface area contributed by atoms with Crippen LogP contribution in [0.5, 0.6) is 0 Å². The Bertz CT molecular complexity index is 914. The van der Waals surface area contributed by atoms with Crippen molar-refractivity contribution in [2.45, 2.75) is 6.54 Å². The van der Waals surface area contributed by atoms with Crippen molar-refractivity contribution < 1.29 is 14.1 Å². The fraction of sp³-hybridized carbons (Fsp3) is 0.0625. The Hall–Kier alpha value is -3.75. The summed E-state index contributed by atoms with van der Waals surface area (Å²) >= 11 is 0. The Morgan fingerprint density at radius 3 is 2.92 bits per heavy atom. The normalized spacial score (nSPS) is 10.9. The second-order valence-corrected chi connectivity index (χ2v) is 4.95. The van der Waals surface area contributed by atoms with Crippen molar-refractivity contribution in [3.63, 3.8) is 0 Å². The number of hydrogen-bond donors (Lipinski definition) is 2. The maximum atomic E-state index is 11.9. The number of aromatic nitrogens is 3. The van der Waals surface area contributed by atoms with Crippen LogP contribution in [-0.2, 0) is 11.3 Å². The molecule has 0 unspecified atom stereocenters. The van der Waals surface area contributed by atoms with Gasteiger partial charge in [0.25, 0.3) is 5.69 Å². The summed E-state index contributed by atoms with van der Waals surface area (Å²) in [7, 11) is 0. The van der Waals surface area contributed by atoms with Crippen LogP contribution in [0.3, 0.4) is 0 Å². The molecule has 0 bridgehead atoms. The van der Waals surface area contributed by atoms with Crippen LogP contribution in [0.1, 0.15) is 11.4 Å². The van der Waals surface area contributed by atoms with Gasteiger partial charge in [-0.2, -0.15) is 0 Å². The maximum absolute atomic E-state index is 11.9. The molecule has 9 heteroatoms. The predicted octanol–water partition coefficient (Wildman–Crippen LogP) is 2.30. The van der Waals surface area contributed by atoms with E-state index < -0.39 is 10.8 Å². The van der Waals surface area contributed by atoms with E-state index in [1.807, 2.05) is 0 Å². The molecule has 0 radical (unpaired) electrons. The average molecular weight is 339 g/mol. The number of nitro benzene ring substituents is 1. The number of nitrogens with one attached hydrogen (secondary N) is 2. The predicted molar refractivity (Wildman–Crippen MR) is 88.1 cm³/mol. The summed E-state index contributed by atoms with van der Waals surface area (Å²) in [5, 5.41) is 20.2. The quantitative estimate of drug-likeness (QED) is 0.403. The SMILES string of the molecule is O=C(/C=C/c1ccccc1[N+](=O)[O-])NCc1nc(-c2ccco2)n[nH]1. The van der Waals surface area contributed by atoms with Gasteiger partial charge < -0.3 is 9.73 Å². The fourth-order valence-electron chi connectivity index (χ4n) is 2.08. The van der Waals surface area contributed by atoms with Gasteiger partial charge in [0.05, 0.1) is 23.3 Å². The van der Waals surface area contributed by atoms with E-state index in [4.69, 9.17) is 4.42 Å². The molecular formula is C16H13N5O4.